The van der Waals surface area contributed by atoms with Crippen molar-refractivity contribution in [1.29, 1.82) is 0 Å². The second kappa shape index (κ2) is 4.28. The fourth-order valence-electron chi connectivity index (χ4n) is 3.08. The fourth-order valence-corrected chi connectivity index (χ4v) is 3.61. The quantitative estimate of drug-likeness (QED) is 0.686. The first kappa shape index (κ1) is 11.8. The van der Waals surface area contributed by atoms with E-state index in [9.17, 15) is 4.79 Å². The van der Waals surface area contributed by atoms with Gasteiger partial charge in [0.05, 0.1) is 6.10 Å². The molecule has 16 heavy (non-hydrogen) atoms. The lowest BCUT2D eigenvalue weighted by molar-refractivity contribution is -0.116. The molecule has 3 atom stereocenters. The Balaban J connectivity index is 2.26. The Bertz CT molecular complexity index is 348. The van der Waals surface area contributed by atoms with E-state index in [4.69, 9.17) is 4.43 Å². The molecule has 0 saturated heterocycles. The van der Waals surface area contributed by atoms with Crippen LogP contribution in [0.2, 0.25) is 0 Å². The number of rotatable bonds is 2. The van der Waals surface area contributed by atoms with Crippen molar-refractivity contribution in [2.45, 2.75) is 45.6 Å². The maximum atomic E-state index is 11.5. The van der Waals surface area contributed by atoms with Crippen LogP contribution in [0.5, 0.6) is 0 Å². The molecule has 0 spiro atoms. The van der Waals surface area contributed by atoms with E-state index in [0.717, 1.165) is 19.3 Å². The van der Waals surface area contributed by atoms with E-state index in [0.29, 0.717) is 33.6 Å². The third-order valence-electron chi connectivity index (χ3n) is 4.46. The van der Waals surface area contributed by atoms with Crippen LogP contribution in [0, 0.1) is 11.3 Å². The molecule has 0 aromatic heterocycles. The van der Waals surface area contributed by atoms with Crippen molar-refractivity contribution in [3.63, 3.8) is 0 Å². The van der Waals surface area contributed by atoms with E-state index in [1.807, 2.05) is 6.08 Å². The Morgan fingerprint density at radius 2 is 2.31 bits per heavy atom. The molecular formula is C13H19O2Si. The third-order valence-corrected chi connectivity index (χ3v) is 4.92. The van der Waals surface area contributed by atoms with Crippen LogP contribution in [0.25, 0.3) is 0 Å². The Labute approximate surface area is 99.6 Å². The van der Waals surface area contributed by atoms with Gasteiger partial charge in [-0.15, -0.1) is 0 Å². The molecule has 2 rings (SSSR count). The van der Waals surface area contributed by atoms with Gasteiger partial charge in [0, 0.05) is 12.3 Å². The number of allylic oxidation sites excluding steroid dienone is 2. The molecular weight excluding hydrogens is 216 g/mol. The van der Waals surface area contributed by atoms with E-state index in [2.05, 4.69) is 20.0 Å². The van der Waals surface area contributed by atoms with Crippen molar-refractivity contribution in [2.75, 3.05) is 0 Å². The summed E-state index contributed by atoms with van der Waals surface area (Å²) in [5.74, 6) is 0.799. The van der Waals surface area contributed by atoms with E-state index in [1.165, 1.54) is 5.57 Å². The Morgan fingerprint density at radius 3 is 3.00 bits per heavy atom. The maximum Gasteiger partial charge on any atom is 0.273 e. The van der Waals surface area contributed by atoms with E-state index in [1.54, 1.807) is 0 Å². The number of fused-ring (bicyclic) bond motifs is 1. The summed E-state index contributed by atoms with van der Waals surface area (Å²) >= 11 is 0. The standard InChI is InChI=1S/C13H19O2Si/c1-9-12(15-16-3)5-4-10-8-11(14)6-7-13(9,10)2/h8-9,12H,3-7H2,1-2H3. The first-order chi connectivity index (χ1) is 7.58. The van der Waals surface area contributed by atoms with Crippen molar-refractivity contribution in [3.8, 4) is 0 Å². The van der Waals surface area contributed by atoms with Gasteiger partial charge in [-0.3, -0.25) is 4.79 Å². The van der Waals surface area contributed by atoms with E-state index >= 15 is 0 Å². The number of ketones is 1. The molecule has 0 bridgehead atoms. The summed E-state index contributed by atoms with van der Waals surface area (Å²) in [6, 6.07) is 0. The van der Waals surface area contributed by atoms with Gasteiger partial charge in [-0.05, 0) is 30.8 Å². The molecule has 2 aliphatic carbocycles. The van der Waals surface area contributed by atoms with Gasteiger partial charge >= 0.3 is 0 Å². The molecule has 1 saturated carbocycles. The highest BCUT2D eigenvalue weighted by molar-refractivity contribution is 6.33. The zero-order valence-corrected chi connectivity index (χ0v) is 11.1. The Morgan fingerprint density at radius 1 is 1.56 bits per heavy atom. The number of hydrogen-bond donors (Lipinski definition) is 0. The molecule has 0 aromatic rings. The highest BCUT2D eigenvalue weighted by Crippen LogP contribution is 2.50. The summed E-state index contributed by atoms with van der Waals surface area (Å²) in [6.45, 7) is 4.55. The van der Waals surface area contributed by atoms with Crippen LogP contribution in [-0.2, 0) is 9.22 Å². The van der Waals surface area contributed by atoms with Crippen LogP contribution >= 0.6 is 0 Å². The molecule has 0 amide bonds. The van der Waals surface area contributed by atoms with Crippen molar-refractivity contribution in [3.05, 3.63) is 11.6 Å². The number of hydrogen-bond acceptors (Lipinski definition) is 2. The highest BCUT2D eigenvalue weighted by Gasteiger charge is 2.44. The second-order valence-corrected chi connectivity index (χ2v) is 5.71. The fraction of sp³-hybridized carbons (Fsp3) is 0.692. The number of carbonyl (C=O) groups is 1. The molecule has 0 heterocycles. The molecule has 0 aromatic carbocycles. The van der Waals surface area contributed by atoms with E-state index < -0.39 is 0 Å². The summed E-state index contributed by atoms with van der Waals surface area (Å²) in [5.41, 5.74) is 1.53. The monoisotopic (exact) mass is 235 g/mol. The summed E-state index contributed by atoms with van der Waals surface area (Å²) in [5, 5.41) is 0. The molecule has 0 aliphatic heterocycles. The van der Waals surface area contributed by atoms with Crippen LogP contribution in [0.15, 0.2) is 11.6 Å². The summed E-state index contributed by atoms with van der Waals surface area (Å²) in [6.07, 6.45) is 9.75. The minimum absolute atomic E-state index is 0.177. The van der Waals surface area contributed by atoms with Crippen LogP contribution in [0.3, 0.4) is 0 Å². The minimum Gasteiger partial charge on any atom is -0.545 e. The van der Waals surface area contributed by atoms with Gasteiger partial charge in [0.2, 0.25) is 0 Å². The molecule has 1 radical (unpaired) electrons. The van der Waals surface area contributed by atoms with Gasteiger partial charge in [0.25, 0.3) is 9.38 Å². The van der Waals surface area contributed by atoms with E-state index in [-0.39, 0.29) is 5.41 Å². The van der Waals surface area contributed by atoms with Crippen LogP contribution in [0.4, 0.5) is 0 Å². The second-order valence-electron chi connectivity index (χ2n) is 5.18. The molecule has 3 heteroatoms. The lowest BCUT2D eigenvalue weighted by atomic mass is 9.59. The van der Waals surface area contributed by atoms with Crippen molar-refractivity contribution in [2.24, 2.45) is 11.3 Å². The van der Waals surface area contributed by atoms with Gasteiger partial charge in [-0.25, -0.2) is 0 Å². The van der Waals surface area contributed by atoms with Crippen molar-refractivity contribution in [1.82, 2.24) is 0 Å². The lowest BCUT2D eigenvalue weighted by Gasteiger charge is -2.47. The normalized spacial score (nSPS) is 38.6. The zero-order valence-electron chi connectivity index (χ0n) is 10.1. The van der Waals surface area contributed by atoms with Gasteiger partial charge < -0.3 is 4.43 Å². The summed E-state index contributed by atoms with van der Waals surface area (Å²) in [7, 11) is 0.322. The zero-order chi connectivity index (χ0) is 11.8. The Kier molecular flexibility index (Phi) is 3.15. The molecule has 3 unspecified atom stereocenters. The highest BCUT2D eigenvalue weighted by atomic mass is 28.2. The topological polar surface area (TPSA) is 26.3 Å². The predicted molar refractivity (Wildman–Crippen MR) is 66.6 cm³/mol. The summed E-state index contributed by atoms with van der Waals surface area (Å²) in [4.78, 5) is 11.5. The van der Waals surface area contributed by atoms with Crippen LogP contribution in [-0.4, -0.2) is 27.4 Å². The van der Waals surface area contributed by atoms with Crippen LogP contribution in [0.1, 0.15) is 39.5 Å². The van der Waals surface area contributed by atoms with Crippen molar-refractivity contribution < 1.29 is 9.22 Å². The number of carbonyl (C=O) groups excluding carboxylic acids is 1. The first-order valence-electron chi connectivity index (χ1n) is 5.99. The lowest BCUT2D eigenvalue weighted by Crippen LogP contribution is -2.43. The third kappa shape index (κ3) is 1.81. The van der Waals surface area contributed by atoms with Crippen molar-refractivity contribution >= 4 is 21.3 Å². The maximum absolute atomic E-state index is 11.5. The predicted octanol–water partition coefficient (Wildman–Crippen LogP) is 2.15. The average molecular weight is 235 g/mol. The molecule has 87 valence electrons. The van der Waals surface area contributed by atoms with Gasteiger partial charge in [-0.1, -0.05) is 25.6 Å². The largest absolute Gasteiger partial charge is 0.545 e. The van der Waals surface area contributed by atoms with Gasteiger partial charge in [0.15, 0.2) is 5.78 Å². The minimum atomic E-state index is 0.177. The molecule has 1 fully saturated rings. The molecule has 0 N–H and O–H groups in total. The van der Waals surface area contributed by atoms with Gasteiger partial charge in [0.1, 0.15) is 0 Å². The smallest absolute Gasteiger partial charge is 0.273 e. The Hall–Kier alpha value is -0.703. The molecule has 2 aliphatic rings. The first-order valence-corrected chi connectivity index (χ1v) is 7.11. The average Bonchev–Trinajstić information content (AvgIpc) is 2.26. The summed E-state index contributed by atoms with van der Waals surface area (Å²) < 4.78 is 5.74. The van der Waals surface area contributed by atoms with Gasteiger partial charge in [-0.2, -0.15) is 0 Å². The SMILES string of the molecule is C=[Si]OC1CCC2=CC(=O)CCC2(C)C1C. The molecule has 2 nitrogen and oxygen atoms in total. The van der Waals surface area contributed by atoms with Crippen LogP contribution < -0.4 is 0 Å².